The first-order chi connectivity index (χ1) is 13.7. The van der Waals surface area contributed by atoms with Crippen LogP contribution in [-0.2, 0) is 6.42 Å². The molecular formula is C23H28N4O. The second-order valence-electron chi connectivity index (χ2n) is 6.62. The molecule has 146 valence electrons. The fraction of sp³-hybridized carbons (Fsp3) is 0.304. The summed E-state index contributed by atoms with van der Waals surface area (Å²) in [6.07, 6.45) is 4.72. The first kappa shape index (κ1) is 19.8. The van der Waals surface area contributed by atoms with Crippen LogP contribution in [0.25, 0.3) is 11.1 Å². The number of ether oxygens (including phenoxy) is 1. The summed E-state index contributed by atoms with van der Waals surface area (Å²) in [5.74, 6) is 1.43. The van der Waals surface area contributed by atoms with Crippen molar-refractivity contribution in [2.24, 2.45) is 0 Å². The summed E-state index contributed by atoms with van der Waals surface area (Å²) in [7, 11) is 1.66. The maximum absolute atomic E-state index is 5.19. The molecule has 1 N–H and O–H groups in total. The van der Waals surface area contributed by atoms with Gasteiger partial charge >= 0.3 is 0 Å². The van der Waals surface area contributed by atoms with Crippen LogP contribution in [0, 0.1) is 0 Å². The molecule has 0 saturated carbocycles. The Morgan fingerprint density at radius 3 is 2.07 bits per heavy atom. The van der Waals surface area contributed by atoms with Gasteiger partial charge in [-0.25, -0.2) is 9.97 Å². The number of anilines is 2. The second-order valence-corrected chi connectivity index (χ2v) is 6.62. The number of rotatable bonds is 9. The van der Waals surface area contributed by atoms with Gasteiger partial charge in [-0.15, -0.1) is 0 Å². The molecule has 1 heterocycles. The fourth-order valence-corrected chi connectivity index (χ4v) is 3.04. The van der Waals surface area contributed by atoms with Crippen molar-refractivity contribution in [3.8, 4) is 16.9 Å². The van der Waals surface area contributed by atoms with Gasteiger partial charge in [0, 0.05) is 30.2 Å². The zero-order chi connectivity index (χ0) is 19.8. The molecule has 2 aromatic carbocycles. The maximum atomic E-state index is 5.19. The third-order valence-corrected chi connectivity index (χ3v) is 4.90. The second kappa shape index (κ2) is 9.85. The number of hydrogen-bond acceptors (Lipinski definition) is 5. The van der Waals surface area contributed by atoms with Crippen LogP contribution >= 0.6 is 0 Å². The number of methoxy groups -OCH3 is 1. The summed E-state index contributed by atoms with van der Waals surface area (Å²) in [6.45, 7) is 7.70. The third-order valence-electron chi connectivity index (χ3n) is 4.90. The third kappa shape index (κ3) is 5.30. The summed E-state index contributed by atoms with van der Waals surface area (Å²) >= 11 is 0. The van der Waals surface area contributed by atoms with E-state index in [0.29, 0.717) is 5.95 Å². The Balaban J connectivity index is 1.59. The van der Waals surface area contributed by atoms with Gasteiger partial charge in [0.15, 0.2) is 0 Å². The highest BCUT2D eigenvalue weighted by Crippen LogP contribution is 2.22. The van der Waals surface area contributed by atoms with E-state index in [1.807, 2.05) is 36.7 Å². The topological polar surface area (TPSA) is 50.3 Å². The first-order valence-corrected chi connectivity index (χ1v) is 9.76. The summed E-state index contributed by atoms with van der Waals surface area (Å²) in [5.41, 5.74) is 4.36. The van der Waals surface area contributed by atoms with Crippen molar-refractivity contribution in [1.82, 2.24) is 14.9 Å². The predicted octanol–water partition coefficient (Wildman–Crippen LogP) is 4.78. The molecule has 0 radical (unpaired) electrons. The molecular weight excluding hydrogens is 348 g/mol. The maximum Gasteiger partial charge on any atom is 0.227 e. The molecule has 3 aromatic rings. The molecule has 0 aliphatic rings. The normalized spacial score (nSPS) is 10.9. The van der Waals surface area contributed by atoms with E-state index in [1.54, 1.807) is 7.11 Å². The van der Waals surface area contributed by atoms with Crippen LogP contribution in [-0.4, -0.2) is 41.6 Å². The van der Waals surface area contributed by atoms with Crippen LogP contribution in [0.3, 0.4) is 0 Å². The van der Waals surface area contributed by atoms with Crippen LogP contribution in [0.1, 0.15) is 19.4 Å². The Labute approximate surface area is 167 Å². The van der Waals surface area contributed by atoms with Crippen LogP contribution in [0.2, 0.25) is 0 Å². The highest BCUT2D eigenvalue weighted by Gasteiger charge is 2.03. The quantitative estimate of drug-likeness (QED) is 0.582. The van der Waals surface area contributed by atoms with E-state index in [4.69, 9.17) is 4.74 Å². The largest absolute Gasteiger partial charge is 0.497 e. The lowest BCUT2D eigenvalue weighted by atomic mass is 10.1. The Morgan fingerprint density at radius 2 is 1.50 bits per heavy atom. The fourth-order valence-electron chi connectivity index (χ4n) is 3.04. The van der Waals surface area contributed by atoms with Gasteiger partial charge in [-0.1, -0.05) is 38.1 Å². The predicted molar refractivity (Wildman–Crippen MR) is 115 cm³/mol. The van der Waals surface area contributed by atoms with E-state index in [2.05, 4.69) is 58.3 Å². The number of likely N-dealkylation sites (N-methyl/N-ethyl adjacent to an activating group) is 1. The monoisotopic (exact) mass is 376 g/mol. The van der Waals surface area contributed by atoms with E-state index in [0.717, 1.165) is 48.6 Å². The van der Waals surface area contributed by atoms with Crippen molar-refractivity contribution in [1.29, 1.82) is 0 Å². The van der Waals surface area contributed by atoms with Crippen molar-refractivity contribution in [3.05, 3.63) is 66.5 Å². The van der Waals surface area contributed by atoms with Crippen LogP contribution in [0.5, 0.6) is 5.75 Å². The Hall–Kier alpha value is -2.92. The lowest BCUT2D eigenvalue weighted by Crippen LogP contribution is -2.25. The van der Waals surface area contributed by atoms with E-state index >= 15 is 0 Å². The molecule has 5 nitrogen and oxygen atoms in total. The number of nitrogens with one attached hydrogen (secondary N) is 1. The van der Waals surface area contributed by atoms with Crippen LogP contribution < -0.4 is 10.1 Å². The van der Waals surface area contributed by atoms with Gasteiger partial charge in [0.2, 0.25) is 5.95 Å². The van der Waals surface area contributed by atoms with Crippen LogP contribution in [0.4, 0.5) is 11.6 Å². The molecule has 0 aliphatic carbocycles. The smallest absolute Gasteiger partial charge is 0.227 e. The molecule has 0 atom stereocenters. The molecule has 0 fully saturated rings. The van der Waals surface area contributed by atoms with E-state index < -0.39 is 0 Å². The molecule has 3 rings (SSSR count). The Bertz CT molecular complexity index is 841. The molecule has 1 aromatic heterocycles. The summed E-state index contributed by atoms with van der Waals surface area (Å²) in [5, 5.41) is 3.26. The zero-order valence-corrected chi connectivity index (χ0v) is 16.9. The van der Waals surface area contributed by atoms with Crippen molar-refractivity contribution < 1.29 is 4.74 Å². The highest BCUT2D eigenvalue weighted by atomic mass is 16.5. The number of nitrogens with zero attached hydrogens (tertiary/aromatic N) is 3. The summed E-state index contributed by atoms with van der Waals surface area (Å²) in [4.78, 5) is 11.3. The van der Waals surface area contributed by atoms with Gasteiger partial charge in [-0.2, -0.15) is 0 Å². The standard InChI is InChI=1S/C23H28N4O/c1-4-27(5-2)15-14-18-6-10-21(11-7-18)26-23-24-16-20(17-25-23)19-8-12-22(28-3)13-9-19/h6-13,16-17H,4-5,14-15H2,1-3H3,(H,24,25,26). The van der Waals surface area contributed by atoms with Gasteiger partial charge in [0.1, 0.15) is 5.75 Å². The van der Waals surface area contributed by atoms with Crippen molar-refractivity contribution in [3.63, 3.8) is 0 Å². The summed E-state index contributed by atoms with van der Waals surface area (Å²) < 4.78 is 5.19. The molecule has 28 heavy (non-hydrogen) atoms. The highest BCUT2D eigenvalue weighted by molar-refractivity contribution is 5.63. The molecule has 0 amide bonds. The van der Waals surface area contributed by atoms with E-state index in [1.165, 1.54) is 5.56 Å². The van der Waals surface area contributed by atoms with Gasteiger partial charge in [0.25, 0.3) is 0 Å². The summed E-state index contributed by atoms with van der Waals surface area (Å²) in [6, 6.07) is 16.4. The van der Waals surface area contributed by atoms with E-state index in [-0.39, 0.29) is 0 Å². The Morgan fingerprint density at radius 1 is 0.857 bits per heavy atom. The zero-order valence-electron chi connectivity index (χ0n) is 16.9. The van der Waals surface area contributed by atoms with Crippen molar-refractivity contribution in [2.45, 2.75) is 20.3 Å². The van der Waals surface area contributed by atoms with Gasteiger partial charge in [-0.3, -0.25) is 0 Å². The molecule has 0 bridgehead atoms. The van der Waals surface area contributed by atoms with Crippen LogP contribution in [0.15, 0.2) is 60.9 Å². The number of aromatic nitrogens is 2. The average Bonchev–Trinajstić information content (AvgIpc) is 2.76. The van der Waals surface area contributed by atoms with E-state index in [9.17, 15) is 0 Å². The number of benzene rings is 2. The lowest BCUT2D eigenvalue weighted by molar-refractivity contribution is 0.308. The molecule has 0 aliphatic heterocycles. The molecule has 0 unspecified atom stereocenters. The minimum absolute atomic E-state index is 0.591. The minimum atomic E-state index is 0.591. The molecule has 5 heteroatoms. The van der Waals surface area contributed by atoms with Crippen molar-refractivity contribution in [2.75, 3.05) is 32.1 Å². The number of hydrogen-bond donors (Lipinski definition) is 1. The SMILES string of the molecule is CCN(CC)CCc1ccc(Nc2ncc(-c3ccc(OC)cc3)cn2)cc1. The van der Waals surface area contributed by atoms with Gasteiger partial charge in [0.05, 0.1) is 7.11 Å². The van der Waals surface area contributed by atoms with Gasteiger partial charge < -0.3 is 15.0 Å². The first-order valence-electron chi connectivity index (χ1n) is 9.76. The minimum Gasteiger partial charge on any atom is -0.497 e. The lowest BCUT2D eigenvalue weighted by Gasteiger charge is -2.17. The average molecular weight is 377 g/mol. The molecule has 0 saturated heterocycles. The molecule has 0 spiro atoms. The Kier molecular flexibility index (Phi) is 6.98. The van der Waals surface area contributed by atoms with Gasteiger partial charge in [-0.05, 0) is 54.9 Å². The van der Waals surface area contributed by atoms with Crippen molar-refractivity contribution >= 4 is 11.6 Å².